The number of methoxy groups -OCH3 is 1. The number of rotatable bonds is 4. The van der Waals surface area contributed by atoms with Crippen molar-refractivity contribution in [1.82, 2.24) is 0 Å². The van der Waals surface area contributed by atoms with E-state index in [1.165, 1.54) is 25.3 Å². The average molecular weight is 289 g/mol. The van der Waals surface area contributed by atoms with Crippen molar-refractivity contribution in [2.24, 2.45) is 0 Å². The summed E-state index contributed by atoms with van der Waals surface area (Å²) in [6, 6.07) is 9.16. The van der Waals surface area contributed by atoms with E-state index >= 15 is 0 Å². The molecule has 2 aromatic rings. The number of benzene rings is 2. The Balaban J connectivity index is 2.13. The number of nitrogens with two attached hydrogens (primary N) is 1. The maximum atomic E-state index is 13.2. The Morgan fingerprint density at radius 3 is 2.67 bits per heavy atom. The zero-order chi connectivity index (χ0) is 15.4. The molecule has 0 unspecified atom stereocenters. The molecule has 21 heavy (non-hydrogen) atoms. The predicted octanol–water partition coefficient (Wildman–Crippen LogP) is 3.08. The van der Waals surface area contributed by atoms with Gasteiger partial charge < -0.3 is 15.2 Å². The Hall–Kier alpha value is -2.56. The molecule has 0 saturated heterocycles. The molecule has 0 amide bonds. The highest BCUT2D eigenvalue weighted by molar-refractivity contribution is 5.90. The van der Waals surface area contributed by atoms with Gasteiger partial charge in [0.05, 0.1) is 18.4 Å². The first-order valence-electron chi connectivity index (χ1n) is 6.37. The second-order valence-electron chi connectivity index (χ2n) is 4.60. The van der Waals surface area contributed by atoms with Crippen LogP contribution < -0.4 is 10.5 Å². The molecule has 5 heteroatoms. The molecule has 0 aromatic heterocycles. The largest absolute Gasteiger partial charge is 0.487 e. The summed E-state index contributed by atoms with van der Waals surface area (Å²) >= 11 is 0. The van der Waals surface area contributed by atoms with Crippen molar-refractivity contribution >= 4 is 11.7 Å². The van der Waals surface area contributed by atoms with Gasteiger partial charge in [0.25, 0.3) is 0 Å². The fourth-order valence-corrected chi connectivity index (χ4v) is 1.88. The number of hydrogen-bond donors (Lipinski definition) is 1. The van der Waals surface area contributed by atoms with Crippen molar-refractivity contribution in [2.45, 2.75) is 13.5 Å². The van der Waals surface area contributed by atoms with E-state index in [2.05, 4.69) is 4.74 Å². The lowest BCUT2D eigenvalue weighted by Gasteiger charge is -2.11. The van der Waals surface area contributed by atoms with Gasteiger partial charge in [-0.3, -0.25) is 0 Å². The summed E-state index contributed by atoms with van der Waals surface area (Å²) in [4.78, 5) is 11.4. The van der Waals surface area contributed by atoms with Crippen molar-refractivity contribution in [3.63, 3.8) is 0 Å². The van der Waals surface area contributed by atoms with Gasteiger partial charge in [-0.25, -0.2) is 9.18 Å². The van der Waals surface area contributed by atoms with Crippen LogP contribution in [0.25, 0.3) is 0 Å². The van der Waals surface area contributed by atoms with Crippen LogP contribution in [0.1, 0.15) is 21.5 Å². The lowest BCUT2D eigenvalue weighted by atomic mass is 10.1. The van der Waals surface area contributed by atoms with E-state index in [9.17, 15) is 9.18 Å². The molecular weight excluding hydrogens is 273 g/mol. The smallest absolute Gasteiger partial charge is 0.337 e. The third-order valence-electron chi connectivity index (χ3n) is 3.13. The van der Waals surface area contributed by atoms with Gasteiger partial charge in [-0.15, -0.1) is 0 Å². The molecule has 0 heterocycles. The maximum absolute atomic E-state index is 13.2. The molecule has 110 valence electrons. The molecule has 0 radical (unpaired) electrons. The van der Waals surface area contributed by atoms with Crippen molar-refractivity contribution in [3.05, 3.63) is 58.9 Å². The van der Waals surface area contributed by atoms with Gasteiger partial charge in [0.1, 0.15) is 18.2 Å². The third-order valence-corrected chi connectivity index (χ3v) is 3.13. The fraction of sp³-hybridized carbons (Fsp3) is 0.188. The Kier molecular flexibility index (Phi) is 4.42. The monoisotopic (exact) mass is 289 g/mol. The van der Waals surface area contributed by atoms with Gasteiger partial charge in [0, 0.05) is 0 Å². The number of halogens is 1. The number of nitrogen functional groups attached to an aromatic ring is 1. The molecule has 0 saturated carbocycles. The maximum Gasteiger partial charge on any atom is 0.337 e. The van der Waals surface area contributed by atoms with Gasteiger partial charge >= 0.3 is 5.97 Å². The zero-order valence-electron chi connectivity index (χ0n) is 11.9. The second kappa shape index (κ2) is 6.26. The van der Waals surface area contributed by atoms with Gasteiger partial charge in [0.2, 0.25) is 0 Å². The molecule has 4 nitrogen and oxygen atoms in total. The highest BCUT2D eigenvalue weighted by atomic mass is 19.1. The molecule has 0 fully saturated rings. The van der Waals surface area contributed by atoms with E-state index in [-0.39, 0.29) is 12.4 Å². The van der Waals surface area contributed by atoms with Crippen LogP contribution in [0, 0.1) is 12.7 Å². The number of aryl methyl sites for hydroxylation is 1. The summed E-state index contributed by atoms with van der Waals surface area (Å²) in [5.74, 6) is -0.339. The Bertz CT molecular complexity index is 671. The standard InChI is InChI=1S/C16H16FNO3/c1-10-3-5-13(17)7-12(10)9-21-15-6-4-11(8-14(15)18)16(19)20-2/h3-8H,9,18H2,1-2H3. The molecular formula is C16H16FNO3. The van der Waals surface area contributed by atoms with Crippen LogP contribution in [0.15, 0.2) is 36.4 Å². The lowest BCUT2D eigenvalue weighted by Crippen LogP contribution is -2.04. The van der Waals surface area contributed by atoms with Crippen LogP contribution in [-0.2, 0) is 11.3 Å². The van der Waals surface area contributed by atoms with Crippen molar-refractivity contribution in [3.8, 4) is 5.75 Å². The zero-order valence-corrected chi connectivity index (χ0v) is 11.9. The van der Waals surface area contributed by atoms with Crippen molar-refractivity contribution < 1.29 is 18.7 Å². The molecule has 0 aliphatic carbocycles. The molecule has 0 spiro atoms. The van der Waals surface area contributed by atoms with E-state index in [1.807, 2.05) is 6.92 Å². The number of esters is 1. The summed E-state index contributed by atoms with van der Waals surface area (Å²) in [5.41, 5.74) is 8.19. The number of carbonyl (C=O) groups excluding carboxylic acids is 1. The fourth-order valence-electron chi connectivity index (χ4n) is 1.88. The van der Waals surface area contributed by atoms with Crippen LogP contribution in [0.5, 0.6) is 5.75 Å². The molecule has 0 bridgehead atoms. The molecule has 2 rings (SSSR count). The molecule has 2 aromatic carbocycles. The highest BCUT2D eigenvalue weighted by Gasteiger charge is 2.09. The number of carbonyl (C=O) groups is 1. The predicted molar refractivity (Wildman–Crippen MR) is 77.7 cm³/mol. The first kappa shape index (κ1) is 14.8. The van der Waals surface area contributed by atoms with E-state index in [4.69, 9.17) is 10.5 Å². The van der Waals surface area contributed by atoms with Crippen LogP contribution >= 0.6 is 0 Å². The minimum absolute atomic E-state index is 0.200. The van der Waals surface area contributed by atoms with E-state index in [0.717, 1.165) is 11.1 Å². The molecule has 0 aliphatic heterocycles. The summed E-state index contributed by atoms with van der Waals surface area (Å²) in [7, 11) is 1.30. The molecule has 2 N–H and O–H groups in total. The third kappa shape index (κ3) is 3.51. The van der Waals surface area contributed by atoms with Gasteiger partial charge in [-0.2, -0.15) is 0 Å². The van der Waals surface area contributed by atoms with Gasteiger partial charge in [0.15, 0.2) is 0 Å². The van der Waals surface area contributed by atoms with Crippen LogP contribution in [0.4, 0.5) is 10.1 Å². The van der Waals surface area contributed by atoms with E-state index in [0.29, 0.717) is 17.0 Å². The topological polar surface area (TPSA) is 61.5 Å². The lowest BCUT2D eigenvalue weighted by molar-refractivity contribution is 0.0600. The minimum Gasteiger partial charge on any atom is -0.487 e. The number of ether oxygens (including phenoxy) is 2. The van der Waals surface area contributed by atoms with Crippen LogP contribution in [0.2, 0.25) is 0 Å². The summed E-state index contributed by atoms with van der Waals surface area (Å²) < 4.78 is 23.4. The highest BCUT2D eigenvalue weighted by Crippen LogP contribution is 2.24. The van der Waals surface area contributed by atoms with Crippen LogP contribution in [-0.4, -0.2) is 13.1 Å². The van der Waals surface area contributed by atoms with E-state index in [1.54, 1.807) is 18.2 Å². The first-order valence-corrected chi connectivity index (χ1v) is 6.37. The van der Waals surface area contributed by atoms with Crippen molar-refractivity contribution in [1.29, 1.82) is 0 Å². The average Bonchev–Trinajstić information content (AvgIpc) is 2.48. The number of hydrogen-bond acceptors (Lipinski definition) is 4. The molecule has 0 atom stereocenters. The summed E-state index contributed by atoms with van der Waals surface area (Å²) in [6.07, 6.45) is 0. The van der Waals surface area contributed by atoms with Gasteiger partial charge in [-0.1, -0.05) is 6.07 Å². The Labute approximate surface area is 122 Å². The minimum atomic E-state index is -0.464. The van der Waals surface area contributed by atoms with Gasteiger partial charge in [-0.05, 0) is 48.4 Å². The Morgan fingerprint density at radius 1 is 1.24 bits per heavy atom. The normalized spacial score (nSPS) is 10.2. The van der Waals surface area contributed by atoms with Crippen LogP contribution in [0.3, 0.4) is 0 Å². The SMILES string of the molecule is COC(=O)c1ccc(OCc2cc(F)ccc2C)c(N)c1. The van der Waals surface area contributed by atoms with Crippen molar-refractivity contribution in [2.75, 3.05) is 12.8 Å². The summed E-state index contributed by atoms with van der Waals surface area (Å²) in [6.45, 7) is 2.08. The molecule has 0 aliphatic rings. The van der Waals surface area contributed by atoms with E-state index < -0.39 is 5.97 Å². The summed E-state index contributed by atoms with van der Waals surface area (Å²) in [5, 5.41) is 0. The second-order valence-corrected chi connectivity index (χ2v) is 4.60. The number of anilines is 1. The Morgan fingerprint density at radius 2 is 2.00 bits per heavy atom. The first-order chi connectivity index (χ1) is 10.0. The quantitative estimate of drug-likeness (QED) is 0.694.